The molecule has 6 heteroatoms. The SMILES string of the molecule is CC/C=C\C/C=C\C/C=C\C/C=C\CCCCC(=O)OC[C@H](COC(=O)CCCCCCCCC/C=C\CCCCCC)OC(=O)CCC/C=C\C/C=C\C/C=C\C/C=C\CCCCC. The number of allylic oxidation sites excluding steroid dienone is 18. The molecular formula is C59H96O6. The largest absolute Gasteiger partial charge is 0.462 e. The molecule has 0 unspecified atom stereocenters. The van der Waals surface area contributed by atoms with Crippen LogP contribution in [0.1, 0.15) is 226 Å². The number of hydrogen-bond acceptors (Lipinski definition) is 6. The molecule has 368 valence electrons. The van der Waals surface area contributed by atoms with Crippen molar-refractivity contribution in [2.24, 2.45) is 0 Å². The minimum absolute atomic E-state index is 0.117. The smallest absolute Gasteiger partial charge is 0.306 e. The summed E-state index contributed by atoms with van der Waals surface area (Å²) in [4.78, 5) is 38.0. The van der Waals surface area contributed by atoms with Crippen LogP contribution in [0.4, 0.5) is 0 Å². The maximum Gasteiger partial charge on any atom is 0.306 e. The molecule has 0 aromatic rings. The number of esters is 3. The molecule has 0 aliphatic heterocycles. The molecule has 0 spiro atoms. The highest BCUT2D eigenvalue weighted by Crippen LogP contribution is 2.13. The van der Waals surface area contributed by atoms with Crippen LogP contribution in [-0.4, -0.2) is 37.2 Å². The molecule has 0 aliphatic rings. The van der Waals surface area contributed by atoms with E-state index in [2.05, 4.69) is 130 Å². The molecule has 65 heavy (non-hydrogen) atoms. The number of carbonyl (C=O) groups is 3. The third-order valence-corrected chi connectivity index (χ3v) is 10.7. The molecule has 0 aromatic heterocycles. The molecule has 0 aliphatic carbocycles. The Hall–Kier alpha value is -3.93. The van der Waals surface area contributed by atoms with E-state index in [9.17, 15) is 14.4 Å². The van der Waals surface area contributed by atoms with Crippen molar-refractivity contribution in [1.82, 2.24) is 0 Å². The van der Waals surface area contributed by atoms with Gasteiger partial charge in [-0.05, 0) is 122 Å². The van der Waals surface area contributed by atoms with Crippen LogP contribution in [0.3, 0.4) is 0 Å². The van der Waals surface area contributed by atoms with E-state index in [1.807, 2.05) is 0 Å². The van der Waals surface area contributed by atoms with E-state index >= 15 is 0 Å². The van der Waals surface area contributed by atoms with E-state index in [0.717, 1.165) is 83.5 Å². The molecule has 0 fully saturated rings. The molecule has 0 saturated heterocycles. The van der Waals surface area contributed by atoms with Gasteiger partial charge in [0, 0.05) is 19.3 Å². The first-order chi connectivity index (χ1) is 32.0. The molecule has 0 bridgehead atoms. The fraction of sp³-hybridized carbons (Fsp3) is 0.644. The molecule has 0 heterocycles. The molecule has 0 amide bonds. The molecule has 6 nitrogen and oxygen atoms in total. The predicted octanol–water partition coefficient (Wildman–Crippen LogP) is 17.5. The van der Waals surface area contributed by atoms with Crippen LogP contribution < -0.4 is 0 Å². The van der Waals surface area contributed by atoms with Gasteiger partial charge in [0.15, 0.2) is 6.10 Å². The molecule has 0 radical (unpaired) electrons. The maximum atomic E-state index is 12.8. The summed E-state index contributed by atoms with van der Waals surface area (Å²) in [5, 5.41) is 0. The van der Waals surface area contributed by atoms with Gasteiger partial charge in [-0.3, -0.25) is 14.4 Å². The lowest BCUT2D eigenvalue weighted by Crippen LogP contribution is -2.30. The lowest BCUT2D eigenvalue weighted by molar-refractivity contribution is -0.167. The predicted molar refractivity (Wildman–Crippen MR) is 279 cm³/mol. The van der Waals surface area contributed by atoms with Gasteiger partial charge in [0.2, 0.25) is 0 Å². The first kappa shape index (κ1) is 61.1. The van der Waals surface area contributed by atoms with Crippen LogP contribution in [0.25, 0.3) is 0 Å². The van der Waals surface area contributed by atoms with Crippen LogP contribution in [0.2, 0.25) is 0 Å². The van der Waals surface area contributed by atoms with Gasteiger partial charge in [-0.25, -0.2) is 0 Å². The Labute approximate surface area is 400 Å². The Morgan fingerprint density at radius 2 is 0.615 bits per heavy atom. The summed E-state index contributed by atoms with van der Waals surface area (Å²) < 4.78 is 16.7. The van der Waals surface area contributed by atoms with Crippen molar-refractivity contribution >= 4 is 17.9 Å². The minimum atomic E-state index is -0.827. The summed E-state index contributed by atoms with van der Waals surface area (Å²) in [5.41, 5.74) is 0. The maximum absolute atomic E-state index is 12.8. The highest BCUT2D eigenvalue weighted by Gasteiger charge is 2.19. The Morgan fingerprint density at radius 1 is 0.323 bits per heavy atom. The van der Waals surface area contributed by atoms with Crippen molar-refractivity contribution in [1.29, 1.82) is 0 Å². The van der Waals surface area contributed by atoms with E-state index in [1.165, 1.54) is 89.9 Å². The number of hydrogen-bond donors (Lipinski definition) is 0. The molecule has 0 rings (SSSR count). The third-order valence-electron chi connectivity index (χ3n) is 10.7. The van der Waals surface area contributed by atoms with E-state index in [0.29, 0.717) is 25.7 Å². The first-order valence-electron chi connectivity index (χ1n) is 26.4. The van der Waals surface area contributed by atoms with Gasteiger partial charge >= 0.3 is 17.9 Å². The van der Waals surface area contributed by atoms with Crippen molar-refractivity contribution in [3.8, 4) is 0 Å². The fourth-order valence-electron chi connectivity index (χ4n) is 6.77. The molecule has 1 atom stereocenters. The van der Waals surface area contributed by atoms with Crippen molar-refractivity contribution in [3.63, 3.8) is 0 Å². The summed E-state index contributed by atoms with van der Waals surface area (Å²) in [6.07, 6.45) is 70.8. The van der Waals surface area contributed by atoms with Crippen LogP contribution in [-0.2, 0) is 28.6 Å². The lowest BCUT2D eigenvalue weighted by atomic mass is 10.1. The average molecular weight is 901 g/mol. The summed E-state index contributed by atoms with van der Waals surface area (Å²) in [5.74, 6) is -1.03. The number of ether oxygens (including phenoxy) is 3. The summed E-state index contributed by atoms with van der Waals surface area (Å²) in [7, 11) is 0. The van der Waals surface area contributed by atoms with Gasteiger partial charge in [-0.15, -0.1) is 0 Å². The van der Waals surface area contributed by atoms with Crippen molar-refractivity contribution < 1.29 is 28.6 Å². The first-order valence-corrected chi connectivity index (χ1v) is 26.4. The van der Waals surface area contributed by atoms with E-state index in [1.54, 1.807) is 0 Å². The van der Waals surface area contributed by atoms with Gasteiger partial charge in [0.05, 0.1) is 0 Å². The standard InChI is InChI=1S/C59H96O6/c1-4-7-10-13-16-19-22-25-28-29-32-35-38-41-44-47-50-53-59(62)65-56(54-63-57(60)51-48-45-42-39-36-33-30-26-23-20-17-14-11-8-5-2)55-64-58(61)52-49-46-43-40-37-34-31-27-24-21-18-15-12-9-6-3/h8,11,16-17,19-21,24-26,28,30,32,35-36,39,41,44,56H,4-7,9-10,12-15,18,22-23,27,29,31,33-34,37-38,40,42-43,45-55H2,1-3H3/b11-8-,19-16-,20-17-,24-21-,28-25-,30-26-,35-32-,39-36-,44-41-/t56-/m1/s1. The Balaban J connectivity index is 4.57. The van der Waals surface area contributed by atoms with Gasteiger partial charge in [-0.2, -0.15) is 0 Å². The zero-order chi connectivity index (χ0) is 47.2. The number of carbonyl (C=O) groups excluding carboxylic acids is 3. The number of rotatable bonds is 46. The van der Waals surface area contributed by atoms with Crippen LogP contribution in [0, 0.1) is 0 Å². The van der Waals surface area contributed by atoms with Crippen molar-refractivity contribution in [2.45, 2.75) is 232 Å². The van der Waals surface area contributed by atoms with Crippen molar-refractivity contribution in [2.75, 3.05) is 13.2 Å². The van der Waals surface area contributed by atoms with E-state index in [-0.39, 0.29) is 37.5 Å². The van der Waals surface area contributed by atoms with Gasteiger partial charge in [0.25, 0.3) is 0 Å². The molecular weight excluding hydrogens is 805 g/mol. The second-order valence-corrected chi connectivity index (χ2v) is 17.0. The topological polar surface area (TPSA) is 78.9 Å². The minimum Gasteiger partial charge on any atom is -0.462 e. The lowest BCUT2D eigenvalue weighted by Gasteiger charge is -2.18. The normalized spacial score (nSPS) is 13.0. The third kappa shape index (κ3) is 50.9. The monoisotopic (exact) mass is 901 g/mol. The Morgan fingerprint density at radius 3 is 1.06 bits per heavy atom. The van der Waals surface area contributed by atoms with Gasteiger partial charge in [-0.1, -0.05) is 194 Å². The molecule has 0 aromatic carbocycles. The van der Waals surface area contributed by atoms with Crippen LogP contribution >= 0.6 is 0 Å². The second-order valence-electron chi connectivity index (χ2n) is 17.0. The number of unbranched alkanes of at least 4 members (excludes halogenated alkanes) is 17. The molecule has 0 N–H and O–H groups in total. The zero-order valence-electron chi connectivity index (χ0n) is 42.0. The molecule has 0 saturated carbocycles. The Kier molecular flexibility index (Phi) is 49.5. The second kappa shape index (κ2) is 52.7. The Bertz CT molecular complexity index is 1360. The quantitative estimate of drug-likeness (QED) is 0.0262. The van der Waals surface area contributed by atoms with E-state index in [4.69, 9.17) is 14.2 Å². The average Bonchev–Trinajstić information content (AvgIpc) is 3.30. The highest BCUT2D eigenvalue weighted by molar-refractivity contribution is 5.71. The van der Waals surface area contributed by atoms with Crippen LogP contribution in [0.5, 0.6) is 0 Å². The van der Waals surface area contributed by atoms with Crippen LogP contribution in [0.15, 0.2) is 109 Å². The van der Waals surface area contributed by atoms with E-state index < -0.39 is 6.10 Å². The van der Waals surface area contributed by atoms with Gasteiger partial charge in [0.1, 0.15) is 13.2 Å². The highest BCUT2D eigenvalue weighted by atomic mass is 16.6. The van der Waals surface area contributed by atoms with Gasteiger partial charge < -0.3 is 14.2 Å². The summed E-state index contributed by atoms with van der Waals surface area (Å²) >= 11 is 0. The fourth-order valence-corrected chi connectivity index (χ4v) is 6.77. The van der Waals surface area contributed by atoms with Crippen molar-refractivity contribution in [3.05, 3.63) is 109 Å². The summed E-state index contributed by atoms with van der Waals surface area (Å²) in [6.45, 7) is 6.39. The zero-order valence-corrected chi connectivity index (χ0v) is 42.0. The summed E-state index contributed by atoms with van der Waals surface area (Å²) in [6, 6.07) is 0.